The summed E-state index contributed by atoms with van der Waals surface area (Å²) in [5.41, 5.74) is -0.0549. The fourth-order valence-corrected chi connectivity index (χ4v) is 5.92. The van der Waals surface area contributed by atoms with Crippen LogP contribution >= 0.6 is 11.8 Å². The lowest BCUT2D eigenvalue weighted by Crippen LogP contribution is -2.51. The third-order valence-corrected chi connectivity index (χ3v) is 6.88. The van der Waals surface area contributed by atoms with Crippen molar-refractivity contribution in [2.75, 3.05) is 31.2 Å². The first-order valence-electron chi connectivity index (χ1n) is 8.66. The molecule has 3 aliphatic rings. The predicted molar refractivity (Wildman–Crippen MR) is 87.8 cm³/mol. The number of carbonyl (C=O) groups excluding carboxylic acids is 1. The Bertz CT molecular complexity index is 367. The summed E-state index contributed by atoms with van der Waals surface area (Å²) < 4.78 is 6.10. The first-order chi connectivity index (χ1) is 10.2. The summed E-state index contributed by atoms with van der Waals surface area (Å²) in [5.74, 6) is 3.08. The van der Waals surface area contributed by atoms with E-state index in [2.05, 4.69) is 12.2 Å². The van der Waals surface area contributed by atoms with Gasteiger partial charge >= 0.3 is 0 Å². The Morgan fingerprint density at radius 1 is 1.43 bits per heavy atom. The summed E-state index contributed by atoms with van der Waals surface area (Å²) >= 11 is 1.99. The normalized spacial score (nSPS) is 40.5. The summed E-state index contributed by atoms with van der Waals surface area (Å²) in [5, 5.41) is 3.49. The molecule has 0 aromatic carbocycles. The van der Waals surface area contributed by atoms with Gasteiger partial charge in [0.1, 0.15) is 5.78 Å². The van der Waals surface area contributed by atoms with E-state index in [0.717, 1.165) is 70.4 Å². The van der Waals surface area contributed by atoms with Crippen LogP contribution < -0.4 is 5.32 Å². The fraction of sp³-hybridized carbons (Fsp3) is 0.941. The molecule has 0 saturated carbocycles. The maximum Gasteiger partial charge on any atom is 0.143 e. The van der Waals surface area contributed by atoms with Crippen molar-refractivity contribution >= 4 is 17.5 Å². The molecule has 3 saturated heterocycles. The summed E-state index contributed by atoms with van der Waals surface area (Å²) in [6, 6.07) is 0. The maximum atomic E-state index is 13.3. The topological polar surface area (TPSA) is 38.3 Å². The van der Waals surface area contributed by atoms with Crippen LogP contribution in [-0.2, 0) is 9.53 Å². The number of ether oxygens (including phenoxy) is 1. The van der Waals surface area contributed by atoms with Crippen LogP contribution in [0.25, 0.3) is 0 Å². The van der Waals surface area contributed by atoms with Crippen LogP contribution in [0.15, 0.2) is 0 Å². The summed E-state index contributed by atoms with van der Waals surface area (Å²) in [6.45, 7) is 4.97. The first kappa shape index (κ1) is 15.8. The maximum absolute atomic E-state index is 13.3. The summed E-state index contributed by atoms with van der Waals surface area (Å²) in [7, 11) is 0. The van der Waals surface area contributed by atoms with Crippen molar-refractivity contribution < 1.29 is 9.53 Å². The van der Waals surface area contributed by atoms with E-state index in [-0.39, 0.29) is 16.9 Å². The van der Waals surface area contributed by atoms with Crippen molar-refractivity contribution in [1.82, 2.24) is 5.32 Å². The van der Waals surface area contributed by atoms with Gasteiger partial charge in [-0.2, -0.15) is 11.8 Å². The van der Waals surface area contributed by atoms with Gasteiger partial charge in [-0.05, 0) is 50.8 Å². The fourth-order valence-electron chi connectivity index (χ4n) is 4.54. The number of piperidine rings is 1. The molecule has 3 aliphatic heterocycles. The Balaban J connectivity index is 1.72. The average Bonchev–Trinajstić information content (AvgIpc) is 2.95. The molecule has 3 fully saturated rings. The monoisotopic (exact) mass is 311 g/mol. The van der Waals surface area contributed by atoms with Crippen molar-refractivity contribution in [1.29, 1.82) is 0 Å². The number of hydrogen-bond acceptors (Lipinski definition) is 4. The molecule has 3 nitrogen and oxygen atoms in total. The molecule has 0 aliphatic carbocycles. The van der Waals surface area contributed by atoms with Gasteiger partial charge in [-0.15, -0.1) is 0 Å². The molecule has 0 aromatic rings. The van der Waals surface area contributed by atoms with Crippen LogP contribution in [-0.4, -0.2) is 42.6 Å². The third-order valence-electron chi connectivity index (χ3n) is 5.65. The number of Topliss-reactive ketones (excluding diaryl/α,β-unsaturated/α-hetero) is 1. The molecule has 0 aromatic heterocycles. The van der Waals surface area contributed by atoms with E-state index in [4.69, 9.17) is 4.74 Å². The molecule has 3 heterocycles. The zero-order valence-electron chi connectivity index (χ0n) is 13.3. The second kappa shape index (κ2) is 6.59. The highest BCUT2D eigenvalue weighted by atomic mass is 32.2. The molecular formula is C17H29NO2S. The second-order valence-electron chi connectivity index (χ2n) is 7.20. The summed E-state index contributed by atoms with van der Waals surface area (Å²) in [4.78, 5) is 13.3. The Morgan fingerprint density at radius 2 is 2.33 bits per heavy atom. The van der Waals surface area contributed by atoms with E-state index in [0.29, 0.717) is 5.78 Å². The lowest BCUT2D eigenvalue weighted by Gasteiger charge is -2.43. The van der Waals surface area contributed by atoms with E-state index >= 15 is 0 Å². The van der Waals surface area contributed by atoms with Crippen LogP contribution in [0.5, 0.6) is 0 Å². The molecule has 0 bridgehead atoms. The standard InChI is InChI=1S/C17H29NO2S/c1-2-5-16(6-3-8-18-12-16)15(19)14-4-9-20-17(11-14)7-10-21-13-17/h14,18H,2-13H2,1H3. The van der Waals surface area contributed by atoms with Gasteiger partial charge in [0.25, 0.3) is 0 Å². The predicted octanol–water partition coefficient (Wildman–Crippen LogP) is 3.03. The van der Waals surface area contributed by atoms with E-state index < -0.39 is 0 Å². The number of carbonyl (C=O) groups is 1. The van der Waals surface area contributed by atoms with E-state index in [1.165, 1.54) is 5.75 Å². The molecule has 3 rings (SSSR count). The lowest BCUT2D eigenvalue weighted by molar-refractivity contribution is -0.145. The molecule has 120 valence electrons. The van der Waals surface area contributed by atoms with Gasteiger partial charge in [-0.3, -0.25) is 4.79 Å². The van der Waals surface area contributed by atoms with Gasteiger partial charge in [-0.1, -0.05) is 13.3 Å². The smallest absolute Gasteiger partial charge is 0.143 e. The summed E-state index contributed by atoms with van der Waals surface area (Å²) in [6.07, 6.45) is 7.46. The highest BCUT2D eigenvalue weighted by molar-refractivity contribution is 7.99. The molecule has 3 atom stereocenters. The molecule has 1 N–H and O–H groups in total. The molecule has 0 radical (unpaired) electrons. The molecule has 3 unspecified atom stereocenters. The number of thioether (sulfide) groups is 1. The molecular weight excluding hydrogens is 282 g/mol. The van der Waals surface area contributed by atoms with Gasteiger partial charge in [0, 0.05) is 30.2 Å². The van der Waals surface area contributed by atoms with Gasteiger partial charge in [-0.25, -0.2) is 0 Å². The third kappa shape index (κ3) is 3.18. The zero-order chi connectivity index (χ0) is 14.8. The number of nitrogens with one attached hydrogen (secondary N) is 1. The number of ketones is 1. The van der Waals surface area contributed by atoms with Crippen molar-refractivity contribution in [2.45, 2.75) is 57.5 Å². The van der Waals surface area contributed by atoms with Gasteiger partial charge in [0.05, 0.1) is 5.60 Å². The van der Waals surface area contributed by atoms with Gasteiger partial charge in [0.2, 0.25) is 0 Å². The first-order valence-corrected chi connectivity index (χ1v) is 9.82. The van der Waals surface area contributed by atoms with Crippen LogP contribution in [0.4, 0.5) is 0 Å². The Labute approximate surface area is 133 Å². The van der Waals surface area contributed by atoms with Crippen molar-refractivity contribution in [2.24, 2.45) is 11.3 Å². The largest absolute Gasteiger partial charge is 0.374 e. The Hall–Kier alpha value is -0.0600. The van der Waals surface area contributed by atoms with Crippen LogP contribution in [0, 0.1) is 11.3 Å². The lowest BCUT2D eigenvalue weighted by atomic mass is 9.67. The molecule has 0 amide bonds. The molecule has 1 spiro atoms. The van der Waals surface area contributed by atoms with E-state index in [1.54, 1.807) is 0 Å². The van der Waals surface area contributed by atoms with E-state index in [9.17, 15) is 4.79 Å². The van der Waals surface area contributed by atoms with Crippen molar-refractivity contribution in [3.05, 3.63) is 0 Å². The minimum absolute atomic E-state index is 0.0265. The van der Waals surface area contributed by atoms with Crippen molar-refractivity contribution in [3.63, 3.8) is 0 Å². The van der Waals surface area contributed by atoms with Crippen LogP contribution in [0.1, 0.15) is 51.9 Å². The van der Waals surface area contributed by atoms with Crippen LogP contribution in [0.3, 0.4) is 0 Å². The highest BCUT2D eigenvalue weighted by Gasteiger charge is 2.47. The Kier molecular flexibility index (Phi) is 4.97. The Morgan fingerprint density at radius 3 is 3.00 bits per heavy atom. The van der Waals surface area contributed by atoms with Gasteiger partial charge in [0.15, 0.2) is 0 Å². The van der Waals surface area contributed by atoms with E-state index in [1.807, 2.05) is 11.8 Å². The minimum Gasteiger partial charge on any atom is -0.374 e. The second-order valence-corrected chi connectivity index (χ2v) is 8.30. The number of rotatable bonds is 4. The average molecular weight is 311 g/mol. The SMILES string of the molecule is CCCC1(C(=O)C2CCOC3(CCSC3)C2)CCCNC1. The molecule has 4 heteroatoms. The van der Waals surface area contributed by atoms with Gasteiger partial charge < -0.3 is 10.1 Å². The zero-order valence-corrected chi connectivity index (χ0v) is 14.1. The number of hydrogen-bond donors (Lipinski definition) is 1. The minimum atomic E-state index is -0.0814. The quantitative estimate of drug-likeness (QED) is 0.866. The van der Waals surface area contributed by atoms with Crippen LogP contribution in [0.2, 0.25) is 0 Å². The molecule has 21 heavy (non-hydrogen) atoms. The highest BCUT2D eigenvalue weighted by Crippen LogP contribution is 2.44. The van der Waals surface area contributed by atoms with Crippen molar-refractivity contribution in [3.8, 4) is 0 Å².